The lowest BCUT2D eigenvalue weighted by molar-refractivity contribution is 0.270. The smallest absolute Gasteiger partial charge is 0.263 e. The predicted molar refractivity (Wildman–Crippen MR) is 82.6 cm³/mol. The first kappa shape index (κ1) is 15.6. The molecule has 0 saturated carbocycles. The second-order valence-electron chi connectivity index (χ2n) is 4.99. The molecule has 2 rings (SSSR count). The van der Waals surface area contributed by atoms with E-state index in [-0.39, 0.29) is 11.5 Å². The van der Waals surface area contributed by atoms with Gasteiger partial charge in [0.2, 0.25) is 0 Å². The Balaban J connectivity index is 2.28. The number of aryl methyl sites for hydroxylation is 2. The van der Waals surface area contributed by atoms with Crippen LogP contribution < -0.4 is 4.72 Å². The van der Waals surface area contributed by atoms with Gasteiger partial charge in [-0.05, 0) is 31.5 Å². The first-order valence-electron chi connectivity index (χ1n) is 6.85. The first-order valence-corrected chi connectivity index (χ1v) is 8.34. The molecule has 2 aromatic rings. The molecule has 0 atom stereocenters. The molecular formula is C15H20N2O3S. The van der Waals surface area contributed by atoms with E-state index in [1.807, 2.05) is 26.0 Å². The summed E-state index contributed by atoms with van der Waals surface area (Å²) in [6.07, 6.45) is 2.43. The quantitative estimate of drug-likeness (QED) is 0.861. The summed E-state index contributed by atoms with van der Waals surface area (Å²) in [5.74, 6) is 0. The van der Waals surface area contributed by atoms with Gasteiger partial charge in [-0.15, -0.1) is 0 Å². The van der Waals surface area contributed by atoms with Crippen molar-refractivity contribution in [1.29, 1.82) is 0 Å². The number of nitrogens with one attached hydrogen (secondary N) is 1. The molecule has 1 heterocycles. The molecule has 0 aliphatic carbocycles. The monoisotopic (exact) mass is 308 g/mol. The van der Waals surface area contributed by atoms with Crippen molar-refractivity contribution in [3.8, 4) is 0 Å². The molecule has 21 heavy (non-hydrogen) atoms. The van der Waals surface area contributed by atoms with E-state index in [0.29, 0.717) is 17.9 Å². The molecule has 0 saturated heterocycles. The first-order chi connectivity index (χ1) is 9.96. The van der Waals surface area contributed by atoms with Crippen molar-refractivity contribution >= 4 is 15.7 Å². The number of nitrogens with zero attached hydrogens (tertiary/aromatic N) is 1. The molecule has 2 N–H and O–H groups in total. The maximum Gasteiger partial charge on any atom is 0.263 e. The van der Waals surface area contributed by atoms with Crippen molar-refractivity contribution in [2.24, 2.45) is 0 Å². The van der Waals surface area contributed by atoms with Crippen LogP contribution in [-0.4, -0.2) is 18.1 Å². The van der Waals surface area contributed by atoms with Crippen LogP contribution in [-0.2, 0) is 23.2 Å². The van der Waals surface area contributed by atoms with Gasteiger partial charge in [-0.25, -0.2) is 8.42 Å². The average Bonchev–Trinajstić information content (AvgIpc) is 2.86. The molecule has 1 aromatic carbocycles. The van der Waals surface area contributed by atoms with Crippen LogP contribution in [0.4, 0.5) is 5.69 Å². The number of aromatic nitrogens is 1. The summed E-state index contributed by atoms with van der Waals surface area (Å²) in [6.45, 7) is 4.44. The minimum absolute atomic E-state index is 0.167. The third kappa shape index (κ3) is 3.65. The standard InChI is InChI=1S/C15H20N2O3S/c1-3-8-17-10-15(9-14(17)11-18)21(19,20)16-13-6-4-12(2)5-7-13/h4-7,9-10,16,18H,3,8,11H2,1-2H3. The molecule has 0 amide bonds. The predicted octanol–water partition coefficient (Wildman–Crippen LogP) is 2.50. The minimum atomic E-state index is -3.64. The molecule has 0 radical (unpaired) electrons. The van der Waals surface area contributed by atoms with Gasteiger partial charge < -0.3 is 9.67 Å². The number of aliphatic hydroxyl groups excluding tert-OH is 1. The highest BCUT2D eigenvalue weighted by Gasteiger charge is 2.18. The van der Waals surface area contributed by atoms with E-state index in [2.05, 4.69) is 4.72 Å². The molecule has 0 fully saturated rings. The maximum atomic E-state index is 12.4. The van der Waals surface area contributed by atoms with Crippen molar-refractivity contribution in [3.05, 3.63) is 47.8 Å². The zero-order valence-electron chi connectivity index (χ0n) is 12.2. The van der Waals surface area contributed by atoms with Gasteiger partial charge >= 0.3 is 0 Å². The maximum absolute atomic E-state index is 12.4. The van der Waals surface area contributed by atoms with Crippen LogP contribution in [0.5, 0.6) is 0 Å². The van der Waals surface area contributed by atoms with E-state index in [1.54, 1.807) is 22.9 Å². The van der Waals surface area contributed by atoms with Crippen LogP contribution in [0.3, 0.4) is 0 Å². The lowest BCUT2D eigenvalue weighted by atomic mass is 10.2. The van der Waals surface area contributed by atoms with Crippen LogP contribution in [0.1, 0.15) is 24.6 Å². The average molecular weight is 308 g/mol. The largest absolute Gasteiger partial charge is 0.390 e. The Morgan fingerprint density at radius 1 is 1.24 bits per heavy atom. The molecule has 0 aliphatic rings. The fourth-order valence-electron chi connectivity index (χ4n) is 2.09. The zero-order chi connectivity index (χ0) is 15.5. The van der Waals surface area contributed by atoms with Gasteiger partial charge in [0.25, 0.3) is 10.0 Å². The van der Waals surface area contributed by atoms with Gasteiger partial charge in [0, 0.05) is 24.1 Å². The van der Waals surface area contributed by atoms with Crippen LogP contribution in [0.2, 0.25) is 0 Å². The normalized spacial score (nSPS) is 11.6. The van der Waals surface area contributed by atoms with Gasteiger partial charge in [0.1, 0.15) is 4.90 Å². The van der Waals surface area contributed by atoms with Gasteiger partial charge in [0.05, 0.1) is 6.61 Å². The third-order valence-electron chi connectivity index (χ3n) is 3.20. The highest BCUT2D eigenvalue weighted by Crippen LogP contribution is 2.19. The Hall–Kier alpha value is -1.79. The van der Waals surface area contributed by atoms with Crippen LogP contribution >= 0.6 is 0 Å². The Labute approximate surface area is 125 Å². The fraction of sp³-hybridized carbons (Fsp3) is 0.333. The van der Waals surface area contributed by atoms with Gasteiger partial charge in [-0.3, -0.25) is 4.72 Å². The summed E-state index contributed by atoms with van der Waals surface area (Å²) >= 11 is 0. The van der Waals surface area contributed by atoms with Crippen LogP contribution in [0.15, 0.2) is 41.4 Å². The zero-order valence-corrected chi connectivity index (χ0v) is 13.0. The summed E-state index contributed by atoms with van der Waals surface area (Å²) in [6, 6.07) is 8.65. The number of aliphatic hydroxyl groups is 1. The highest BCUT2D eigenvalue weighted by molar-refractivity contribution is 7.92. The summed E-state index contributed by atoms with van der Waals surface area (Å²) in [4.78, 5) is 0.167. The number of hydrogen-bond donors (Lipinski definition) is 2. The third-order valence-corrected chi connectivity index (χ3v) is 4.55. The molecule has 1 aromatic heterocycles. The van der Waals surface area contributed by atoms with E-state index in [9.17, 15) is 13.5 Å². The van der Waals surface area contributed by atoms with Gasteiger partial charge in [-0.2, -0.15) is 0 Å². The van der Waals surface area contributed by atoms with Crippen molar-refractivity contribution in [2.45, 2.75) is 38.3 Å². The lowest BCUT2D eigenvalue weighted by Gasteiger charge is -2.06. The molecule has 114 valence electrons. The highest BCUT2D eigenvalue weighted by atomic mass is 32.2. The van der Waals surface area contributed by atoms with Crippen molar-refractivity contribution in [2.75, 3.05) is 4.72 Å². The summed E-state index contributed by atoms with van der Waals surface area (Å²) in [5.41, 5.74) is 2.19. The van der Waals surface area contributed by atoms with Crippen LogP contribution in [0, 0.1) is 6.92 Å². The Morgan fingerprint density at radius 2 is 1.90 bits per heavy atom. The molecule has 6 heteroatoms. The van der Waals surface area contributed by atoms with E-state index >= 15 is 0 Å². The van der Waals surface area contributed by atoms with Crippen molar-refractivity contribution in [1.82, 2.24) is 4.57 Å². The van der Waals surface area contributed by atoms with E-state index < -0.39 is 10.0 Å². The van der Waals surface area contributed by atoms with Gasteiger partial charge in [0.15, 0.2) is 0 Å². The molecule has 0 aliphatic heterocycles. The Kier molecular flexibility index (Phi) is 4.69. The second-order valence-corrected chi connectivity index (χ2v) is 6.67. The summed E-state index contributed by atoms with van der Waals surface area (Å²) in [5, 5.41) is 9.31. The summed E-state index contributed by atoms with van der Waals surface area (Å²) < 4.78 is 29.0. The topological polar surface area (TPSA) is 71.3 Å². The molecule has 0 spiro atoms. The molecule has 0 unspecified atom stereocenters. The minimum Gasteiger partial charge on any atom is -0.390 e. The van der Waals surface area contributed by atoms with Crippen molar-refractivity contribution < 1.29 is 13.5 Å². The van der Waals surface area contributed by atoms with Crippen LogP contribution in [0.25, 0.3) is 0 Å². The molecule has 5 nitrogen and oxygen atoms in total. The van der Waals surface area contributed by atoms with E-state index in [1.165, 1.54) is 6.07 Å². The number of benzene rings is 1. The van der Waals surface area contributed by atoms with Gasteiger partial charge in [-0.1, -0.05) is 24.6 Å². The number of sulfonamides is 1. The summed E-state index contributed by atoms with van der Waals surface area (Å²) in [7, 11) is -3.64. The number of anilines is 1. The van der Waals surface area contributed by atoms with E-state index in [4.69, 9.17) is 0 Å². The number of rotatable bonds is 6. The SMILES string of the molecule is CCCn1cc(S(=O)(=O)Nc2ccc(C)cc2)cc1CO. The Bertz CT molecular complexity index is 703. The van der Waals surface area contributed by atoms with E-state index in [0.717, 1.165) is 12.0 Å². The Morgan fingerprint density at radius 3 is 2.48 bits per heavy atom. The molecular weight excluding hydrogens is 288 g/mol. The second kappa shape index (κ2) is 6.32. The molecule has 0 bridgehead atoms. The fourth-order valence-corrected chi connectivity index (χ4v) is 3.21. The lowest BCUT2D eigenvalue weighted by Crippen LogP contribution is -2.12. The number of hydrogen-bond acceptors (Lipinski definition) is 3. The van der Waals surface area contributed by atoms with Crippen molar-refractivity contribution in [3.63, 3.8) is 0 Å².